The van der Waals surface area contributed by atoms with Gasteiger partial charge in [-0.3, -0.25) is 0 Å². The maximum absolute atomic E-state index is 10.9. The number of nitrogens with zero attached hydrogens (tertiary/aromatic N) is 4. The van der Waals surface area contributed by atoms with Crippen LogP contribution in [0, 0.1) is 4.91 Å². The zero-order chi connectivity index (χ0) is 13.9. The lowest BCUT2D eigenvalue weighted by atomic mass is 10.2. The van der Waals surface area contributed by atoms with E-state index in [-0.39, 0.29) is 17.1 Å². The van der Waals surface area contributed by atoms with E-state index >= 15 is 0 Å². The van der Waals surface area contributed by atoms with Crippen LogP contribution < -0.4 is 0 Å². The first-order valence-electron chi connectivity index (χ1n) is 6.44. The first-order valence-corrected chi connectivity index (χ1v) is 6.82. The van der Waals surface area contributed by atoms with Crippen molar-refractivity contribution in [2.45, 2.75) is 25.5 Å². The van der Waals surface area contributed by atoms with Crippen LogP contribution in [0.5, 0.6) is 0 Å². The van der Waals surface area contributed by atoms with Gasteiger partial charge in [0.1, 0.15) is 6.23 Å². The van der Waals surface area contributed by atoms with Crippen LogP contribution >= 0.6 is 11.6 Å². The first kappa shape index (κ1) is 13.2. The number of pyridine rings is 1. The Morgan fingerprint density at radius 1 is 1.40 bits per heavy atom. The number of ether oxygens (including phenoxy) is 1. The summed E-state index contributed by atoms with van der Waals surface area (Å²) in [5.74, 6) is 0. The van der Waals surface area contributed by atoms with E-state index in [0.717, 1.165) is 25.9 Å². The zero-order valence-electron chi connectivity index (χ0n) is 10.7. The maximum Gasteiger partial charge on any atom is 0.158 e. The molecule has 3 heterocycles. The van der Waals surface area contributed by atoms with Crippen molar-refractivity contribution >= 4 is 17.3 Å². The predicted molar refractivity (Wildman–Crippen MR) is 74.8 cm³/mol. The van der Waals surface area contributed by atoms with E-state index in [2.05, 4.69) is 15.3 Å². The van der Waals surface area contributed by atoms with Gasteiger partial charge in [-0.25, -0.2) is 9.67 Å². The molecule has 20 heavy (non-hydrogen) atoms. The van der Waals surface area contributed by atoms with Gasteiger partial charge < -0.3 is 4.74 Å². The summed E-state index contributed by atoms with van der Waals surface area (Å²) in [4.78, 5) is 14.7. The van der Waals surface area contributed by atoms with E-state index in [1.54, 1.807) is 10.7 Å². The molecule has 1 fully saturated rings. The van der Waals surface area contributed by atoms with Crippen LogP contribution in [0.25, 0.3) is 11.3 Å². The highest BCUT2D eigenvalue weighted by molar-refractivity contribution is 6.32. The molecule has 7 heteroatoms. The van der Waals surface area contributed by atoms with Gasteiger partial charge >= 0.3 is 0 Å². The second-order valence-electron chi connectivity index (χ2n) is 4.59. The zero-order valence-corrected chi connectivity index (χ0v) is 11.5. The minimum atomic E-state index is -0.0394. The molecule has 0 bridgehead atoms. The van der Waals surface area contributed by atoms with E-state index in [0.29, 0.717) is 11.3 Å². The van der Waals surface area contributed by atoms with Gasteiger partial charge in [0, 0.05) is 24.6 Å². The summed E-state index contributed by atoms with van der Waals surface area (Å²) >= 11 is 5.87. The van der Waals surface area contributed by atoms with Gasteiger partial charge in [-0.05, 0) is 36.6 Å². The first-order chi connectivity index (χ1) is 9.79. The molecular weight excluding hydrogens is 280 g/mol. The summed E-state index contributed by atoms with van der Waals surface area (Å²) < 4.78 is 7.45. The molecule has 0 spiro atoms. The molecule has 0 saturated carbocycles. The third kappa shape index (κ3) is 2.44. The Labute approximate surface area is 120 Å². The van der Waals surface area contributed by atoms with Crippen LogP contribution in [0.1, 0.15) is 25.5 Å². The van der Waals surface area contributed by atoms with Crippen LogP contribution in [-0.4, -0.2) is 21.4 Å². The van der Waals surface area contributed by atoms with E-state index in [4.69, 9.17) is 16.3 Å². The number of hydrogen-bond donors (Lipinski definition) is 0. The van der Waals surface area contributed by atoms with Crippen LogP contribution in [0.3, 0.4) is 0 Å². The maximum atomic E-state index is 10.9. The summed E-state index contributed by atoms with van der Waals surface area (Å²) in [5.41, 5.74) is 1.33. The molecule has 1 aliphatic heterocycles. The number of aromatic nitrogens is 3. The molecule has 2 aromatic heterocycles. The fraction of sp³-hybridized carbons (Fsp3) is 0.385. The Bertz CT molecular complexity index is 623. The van der Waals surface area contributed by atoms with Crippen LogP contribution in [-0.2, 0) is 4.74 Å². The van der Waals surface area contributed by atoms with Crippen molar-refractivity contribution in [1.82, 2.24) is 14.8 Å². The molecule has 0 radical (unpaired) electrons. The van der Waals surface area contributed by atoms with Crippen LogP contribution in [0.2, 0.25) is 5.15 Å². The molecule has 104 valence electrons. The average molecular weight is 293 g/mol. The van der Waals surface area contributed by atoms with Crippen molar-refractivity contribution < 1.29 is 4.74 Å². The molecule has 2 aromatic rings. The molecule has 6 nitrogen and oxygen atoms in total. The van der Waals surface area contributed by atoms with Crippen molar-refractivity contribution in [1.29, 1.82) is 0 Å². The van der Waals surface area contributed by atoms with Gasteiger partial charge in [-0.15, -0.1) is 4.91 Å². The van der Waals surface area contributed by atoms with E-state index in [1.807, 2.05) is 12.3 Å². The van der Waals surface area contributed by atoms with Gasteiger partial charge in [0.2, 0.25) is 0 Å². The Balaban J connectivity index is 1.93. The lowest BCUT2D eigenvalue weighted by Crippen LogP contribution is -2.18. The Morgan fingerprint density at radius 2 is 2.30 bits per heavy atom. The van der Waals surface area contributed by atoms with Crippen molar-refractivity contribution in [2.24, 2.45) is 5.18 Å². The van der Waals surface area contributed by atoms with Crippen molar-refractivity contribution in [3.63, 3.8) is 0 Å². The lowest BCUT2D eigenvalue weighted by Gasteiger charge is -2.22. The Hall–Kier alpha value is -1.79. The third-order valence-electron chi connectivity index (χ3n) is 3.31. The number of halogens is 1. The van der Waals surface area contributed by atoms with E-state index in [9.17, 15) is 4.91 Å². The molecule has 3 rings (SSSR count). The van der Waals surface area contributed by atoms with Crippen molar-refractivity contribution in [2.75, 3.05) is 6.61 Å². The van der Waals surface area contributed by atoms with E-state index < -0.39 is 0 Å². The number of hydrogen-bond acceptors (Lipinski definition) is 5. The van der Waals surface area contributed by atoms with Crippen molar-refractivity contribution in [3.8, 4) is 11.3 Å². The minimum Gasteiger partial charge on any atom is -0.357 e. The molecule has 0 aliphatic carbocycles. The molecule has 0 N–H and O–H groups in total. The number of rotatable bonds is 3. The highest BCUT2D eigenvalue weighted by Gasteiger charge is 2.18. The predicted octanol–water partition coefficient (Wildman–Crippen LogP) is 3.70. The summed E-state index contributed by atoms with van der Waals surface area (Å²) in [6.45, 7) is 0.752. The fourth-order valence-corrected chi connectivity index (χ4v) is 2.49. The van der Waals surface area contributed by atoms with Gasteiger partial charge in [0.25, 0.3) is 0 Å². The summed E-state index contributed by atoms with van der Waals surface area (Å²) in [7, 11) is 0. The Morgan fingerprint density at radius 3 is 3.05 bits per heavy atom. The highest BCUT2D eigenvalue weighted by Crippen LogP contribution is 2.34. The third-order valence-corrected chi connectivity index (χ3v) is 3.58. The molecule has 0 aromatic carbocycles. The smallest absolute Gasteiger partial charge is 0.158 e. The van der Waals surface area contributed by atoms with Gasteiger partial charge in [-0.2, -0.15) is 5.10 Å². The molecular formula is C13H13ClN4O2. The summed E-state index contributed by atoms with van der Waals surface area (Å²) in [6, 6.07) is 3.50. The second kappa shape index (κ2) is 5.68. The largest absolute Gasteiger partial charge is 0.357 e. The molecule has 1 unspecified atom stereocenters. The number of nitroso groups, excluding NO2 is 1. The standard InChI is InChI=1S/C13H13ClN4O2/c14-13-12(17-19)9(4-6-15-13)10-5-7-18(16-10)11-3-1-2-8-20-11/h4-7,11H,1-3,8H2. The quantitative estimate of drug-likeness (QED) is 0.639. The average Bonchev–Trinajstić information content (AvgIpc) is 2.97. The highest BCUT2D eigenvalue weighted by atomic mass is 35.5. The Kier molecular flexibility index (Phi) is 3.75. The van der Waals surface area contributed by atoms with Crippen LogP contribution in [0.4, 0.5) is 5.69 Å². The van der Waals surface area contributed by atoms with Gasteiger partial charge in [0.15, 0.2) is 10.8 Å². The minimum absolute atomic E-state index is 0.0394. The monoisotopic (exact) mass is 292 g/mol. The molecule has 1 saturated heterocycles. The molecule has 1 aliphatic rings. The lowest BCUT2D eigenvalue weighted by molar-refractivity contribution is -0.0393. The van der Waals surface area contributed by atoms with E-state index in [1.165, 1.54) is 6.20 Å². The topological polar surface area (TPSA) is 69.4 Å². The molecule has 0 amide bonds. The van der Waals surface area contributed by atoms with Gasteiger partial charge in [0.05, 0.1) is 5.69 Å². The second-order valence-corrected chi connectivity index (χ2v) is 4.95. The van der Waals surface area contributed by atoms with Crippen molar-refractivity contribution in [3.05, 3.63) is 34.6 Å². The summed E-state index contributed by atoms with van der Waals surface area (Å²) in [5, 5.41) is 7.49. The molecule has 1 atom stereocenters. The SMILES string of the molecule is O=Nc1c(-c2ccn(C3CCCCO3)n2)ccnc1Cl. The summed E-state index contributed by atoms with van der Waals surface area (Å²) in [6.07, 6.45) is 6.49. The fourth-order valence-electron chi connectivity index (χ4n) is 2.30. The van der Waals surface area contributed by atoms with Gasteiger partial charge in [-0.1, -0.05) is 11.6 Å². The normalized spacial score (nSPS) is 18.9. The van der Waals surface area contributed by atoms with Crippen LogP contribution in [0.15, 0.2) is 29.7 Å².